The van der Waals surface area contributed by atoms with Crippen LogP contribution in [0.25, 0.3) is 0 Å². The Morgan fingerprint density at radius 2 is 2.00 bits per heavy atom. The topological polar surface area (TPSA) is 75.7 Å². The second kappa shape index (κ2) is 8.47. The van der Waals surface area contributed by atoms with E-state index in [1.165, 1.54) is 0 Å². The van der Waals surface area contributed by atoms with Crippen molar-refractivity contribution in [1.29, 1.82) is 0 Å². The van der Waals surface area contributed by atoms with Crippen molar-refractivity contribution in [2.24, 2.45) is 0 Å². The highest BCUT2D eigenvalue weighted by Crippen LogP contribution is 2.14. The van der Waals surface area contributed by atoms with Gasteiger partial charge in [-0.25, -0.2) is 8.42 Å². The van der Waals surface area contributed by atoms with Crippen molar-refractivity contribution in [2.75, 3.05) is 43.8 Å². The lowest BCUT2D eigenvalue weighted by atomic mass is 10.1. The number of carbonyl (C=O) groups is 1. The molecule has 0 unspecified atom stereocenters. The number of anilines is 1. The number of rotatable bonds is 6. The molecule has 6 nitrogen and oxygen atoms in total. The summed E-state index contributed by atoms with van der Waals surface area (Å²) < 4.78 is 30.0. The van der Waals surface area contributed by atoms with Gasteiger partial charge in [0, 0.05) is 37.3 Å². The van der Waals surface area contributed by atoms with E-state index in [9.17, 15) is 13.2 Å². The van der Waals surface area contributed by atoms with Gasteiger partial charge in [0.25, 0.3) is 0 Å². The number of Topliss-reactive ketones (excluding diaryl/α,β-unsaturated/α-hetero) is 1. The van der Waals surface area contributed by atoms with Crippen molar-refractivity contribution in [2.45, 2.75) is 6.42 Å². The molecule has 8 heteroatoms. The Morgan fingerprint density at radius 1 is 1.32 bits per heavy atom. The Hall–Kier alpha value is -1.15. The number of ether oxygens (including phenoxy) is 1. The third-order valence-corrected chi connectivity index (χ3v) is 3.85. The summed E-state index contributed by atoms with van der Waals surface area (Å²) in [6, 6.07) is 6.58. The van der Waals surface area contributed by atoms with Crippen molar-refractivity contribution in [3.05, 3.63) is 29.8 Å². The molecule has 2 rings (SSSR count). The molecule has 0 atom stereocenters. The minimum absolute atomic E-state index is 0. The molecule has 0 radical (unpaired) electrons. The molecule has 0 aliphatic carbocycles. The first kappa shape index (κ1) is 18.9. The molecular weight excluding hydrogens is 328 g/mol. The molecule has 124 valence electrons. The largest absolute Gasteiger partial charge is 0.379 e. The zero-order valence-corrected chi connectivity index (χ0v) is 14.1. The monoisotopic (exact) mass is 348 g/mol. The number of sulfonamides is 1. The molecular formula is C14H21ClN2O4S. The van der Waals surface area contributed by atoms with Crippen LogP contribution in [0.1, 0.15) is 16.8 Å². The van der Waals surface area contributed by atoms with Crippen LogP contribution in [0.15, 0.2) is 24.3 Å². The Kier molecular flexibility index (Phi) is 7.28. The summed E-state index contributed by atoms with van der Waals surface area (Å²) in [6.07, 6.45) is 1.50. The second-order valence-corrected chi connectivity index (χ2v) is 6.83. The Bertz CT molecular complexity index is 601. The van der Waals surface area contributed by atoms with Crippen molar-refractivity contribution in [1.82, 2.24) is 4.90 Å². The lowest BCUT2D eigenvalue weighted by Gasteiger charge is -2.26. The minimum Gasteiger partial charge on any atom is -0.379 e. The number of hydrogen-bond acceptors (Lipinski definition) is 5. The van der Waals surface area contributed by atoms with E-state index in [4.69, 9.17) is 4.74 Å². The molecule has 0 bridgehead atoms. The smallest absolute Gasteiger partial charge is 0.229 e. The van der Waals surface area contributed by atoms with E-state index in [1.807, 2.05) is 0 Å². The molecule has 1 aliphatic rings. The third kappa shape index (κ3) is 6.31. The highest BCUT2D eigenvalue weighted by molar-refractivity contribution is 7.92. The summed E-state index contributed by atoms with van der Waals surface area (Å²) in [5.41, 5.74) is 0.937. The van der Waals surface area contributed by atoms with Gasteiger partial charge < -0.3 is 4.74 Å². The Labute approximate surface area is 137 Å². The first-order valence-electron chi connectivity index (χ1n) is 6.85. The SMILES string of the molecule is CS(=O)(=O)Nc1cccc(C(=O)CCN2CCOCC2)c1.Cl. The van der Waals surface area contributed by atoms with Crippen LogP contribution in [0, 0.1) is 0 Å². The summed E-state index contributed by atoms with van der Waals surface area (Å²) in [7, 11) is -3.33. The van der Waals surface area contributed by atoms with Gasteiger partial charge in [-0.2, -0.15) is 0 Å². The third-order valence-electron chi connectivity index (χ3n) is 3.25. The van der Waals surface area contributed by atoms with E-state index in [-0.39, 0.29) is 18.2 Å². The maximum atomic E-state index is 12.2. The van der Waals surface area contributed by atoms with Crippen molar-refractivity contribution >= 4 is 33.9 Å². The maximum Gasteiger partial charge on any atom is 0.229 e. The fourth-order valence-corrected chi connectivity index (χ4v) is 2.75. The first-order valence-corrected chi connectivity index (χ1v) is 8.74. The van der Waals surface area contributed by atoms with Gasteiger partial charge >= 0.3 is 0 Å². The second-order valence-electron chi connectivity index (χ2n) is 5.08. The van der Waals surface area contributed by atoms with Crippen LogP contribution in [-0.4, -0.2) is 58.2 Å². The van der Waals surface area contributed by atoms with E-state index in [0.29, 0.717) is 37.4 Å². The minimum atomic E-state index is -3.33. The standard InChI is InChI=1S/C14H20N2O4S.ClH/c1-21(18,19)15-13-4-2-3-12(11-13)14(17)5-6-16-7-9-20-10-8-16;/h2-4,11,15H,5-10H2,1H3;1H. The number of nitrogens with zero attached hydrogens (tertiary/aromatic N) is 1. The van der Waals surface area contributed by atoms with E-state index in [0.717, 1.165) is 19.3 Å². The van der Waals surface area contributed by atoms with E-state index in [2.05, 4.69) is 9.62 Å². The molecule has 1 saturated heterocycles. The van der Waals surface area contributed by atoms with Crippen LogP contribution in [-0.2, 0) is 14.8 Å². The molecule has 1 N–H and O–H groups in total. The molecule has 0 spiro atoms. The van der Waals surface area contributed by atoms with Crippen LogP contribution in [0.3, 0.4) is 0 Å². The van der Waals surface area contributed by atoms with Crippen LogP contribution >= 0.6 is 12.4 Å². The van der Waals surface area contributed by atoms with Gasteiger partial charge in [-0.15, -0.1) is 12.4 Å². The normalized spacial score (nSPS) is 15.9. The highest BCUT2D eigenvalue weighted by Gasteiger charge is 2.13. The van der Waals surface area contributed by atoms with Gasteiger partial charge in [-0.3, -0.25) is 14.4 Å². The van der Waals surface area contributed by atoms with Gasteiger partial charge in [-0.05, 0) is 12.1 Å². The number of halogens is 1. The molecule has 0 aromatic heterocycles. The summed E-state index contributed by atoms with van der Waals surface area (Å²) in [5.74, 6) is 0.0126. The lowest BCUT2D eigenvalue weighted by Crippen LogP contribution is -2.37. The van der Waals surface area contributed by atoms with E-state index < -0.39 is 10.0 Å². The van der Waals surface area contributed by atoms with Crippen molar-refractivity contribution < 1.29 is 17.9 Å². The zero-order chi connectivity index (χ0) is 15.3. The highest BCUT2D eigenvalue weighted by atomic mass is 35.5. The predicted octanol–water partition coefficient (Wildman–Crippen LogP) is 1.38. The predicted molar refractivity (Wildman–Crippen MR) is 88.4 cm³/mol. The number of carbonyl (C=O) groups excluding carboxylic acids is 1. The zero-order valence-electron chi connectivity index (χ0n) is 12.4. The summed E-state index contributed by atoms with van der Waals surface area (Å²) >= 11 is 0. The van der Waals surface area contributed by atoms with Crippen LogP contribution < -0.4 is 4.72 Å². The fraction of sp³-hybridized carbons (Fsp3) is 0.500. The van der Waals surface area contributed by atoms with Crippen LogP contribution in [0.2, 0.25) is 0 Å². The molecule has 1 aromatic rings. The fourth-order valence-electron chi connectivity index (χ4n) is 2.20. The number of morpholine rings is 1. The molecule has 22 heavy (non-hydrogen) atoms. The van der Waals surface area contributed by atoms with Gasteiger partial charge in [0.05, 0.1) is 19.5 Å². The maximum absolute atomic E-state index is 12.2. The van der Waals surface area contributed by atoms with Crippen molar-refractivity contribution in [3.63, 3.8) is 0 Å². The Morgan fingerprint density at radius 3 is 2.64 bits per heavy atom. The summed E-state index contributed by atoms with van der Waals surface area (Å²) in [5, 5.41) is 0. The molecule has 0 amide bonds. The number of benzene rings is 1. The molecule has 0 saturated carbocycles. The number of ketones is 1. The number of hydrogen-bond donors (Lipinski definition) is 1. The average molecular weight is 349 g/mol. The lowest BCUT2D eigenvalue weighted by molar-refractivity contribution is 0.0370. The van der Waals surface area contributed by atoms with Gasteiger partial charge in [0.15, 0.2) is 5.78 Å². The molecule has 1 fully saturated rings. The number of nitrogens with one attached hydrogen (secondary N) is 1. The molecule has 1 aliphatic heterocycles. The van der Waals surface area contributed by atoms with E-state index >= 15 is 0 Å². The van der Waals surface area contributed by atoms with E-state index in [1.54, 1.807) is 24.3 Å². The Balaban J connectivity index is 0.00000242. The van der Waals surface area contributed by atoms with Gasteiger partial charge in [-0.1, -0.05) is 12.1 Å². The summed E-state index contributed by atoms with van der Waals surface area (Å²) in [4.78, 5) is 14.4. The average Bonchev–Trinajstić information content (AvgIpc) is 2.44. The van der Waals surface area contributed by atoms with Crippen molar-refractivity contribution in [3.8, 4) is 0 Å². The van der Waals surface area contributed by atoms with Crippen LogP contribution in [0.5, 0.6) is 0 Å². The van der Waals surface area contributed by atoms with Gasteiger partial charge in [0.2, 0.25) is 10.0 Å². The van der Waals surface area contributed by atoms with Gasteiger partial charge in [0.1, 0.15) is 0 Å². The first-order chi connectivity index (χ1) is 9.94. The van der Waals surface area contributed by atoms with Crippen LogP contribution in [0.4, 0.5) is 5.69 Å². The molecule has 1 heterocycles. The quantitative estimate of drug-likeness (QED) is 0.786. The molecule has 1 aromatic carbocycles. The summed E-state index contributed by atoms with van der Waals surface area (Å²) in [6.45, 7) is 3.82.